The molecular weight excluding hydrogens is 264 g/mol. The number of halogens is 1. The molecule has 5 heteroatoms. The lowest BCUT2D eigenvalue weighted by molar-refractivity contribution is 0.0949. The maximum atomic E-state index is 12.1. The molecule has 1 saturated heterocycles. The second-order valence-corrected chi connectivity index (χ2v) is 5.12. The van der Waals surface area contributed by atoms with E-state index in [2.05, 4.69) is 10.6 Å². The monoisotopic (exact) mass is 282 g/mol. The Bertz CT molecular complexity index is 445. The molecule has 2 N–H and O–H groups in total. The number of hydrogen-bond donors (Lipinski definition) is 2. The Morgan fingerprint density at radius 2 is 2.42 bits per heavy atom. The first-order chi connectivity index (χ1) is 9.20. The molecule has 0 saturated carbocycles. The minimum atomic E-state index is -0.141. The Labute approximate surface area is 118 Å². The standard InChI is InChI=1S/C14H19ClN2O2/c1-19-13-5-4-10(15)9-12(13)14(18)17-8-6-11-3-2-7-16-11/h4-5,9,11,16H,2-3,6-8H2,1H3,(H,17,18)/t11-/m1/s1. The minimum Gasteiger partial charge on any atom is -0.496 e. The summed E-state index contributed by atoms with van der Waals surface area (Å²) in [6, 6.07) is 5.57. The number of methoxy groups -OCH3 is 1. The Balaban J connectivity index is 1.89. The van der Waals surface area contributed by atoms with Crippen LogP contribution in [0.25, 0.3) is 0 Å². The number of nitrogens with one attached hydrogen (secondary N) is 2. The van der Waals surface area contributed by atoms with Crippen molar-refractivity contribution in [2.75, 3.05) is 20.2 Å². The molecule has 19 heavy (non-hydrogen) atoms. The number of ether oxygens (including phenoxy) is 1. The molecule has 0 spiro atoms. The molecule has 1 aromatic carbocycles. The van der Waals surface area contributed by atoms with Gasteiger partial charge in [0.1, 0.15) is 5.75 Å². The van der Waals surface area contributed by atoms with Crippen molar-refractivity contribution in [1.29, 1.82) is 0 Å². The van der Waals surface area contributed by atoms with Crippen LogP contribution in [0.4, 0.5) is 0 Å². The molecule has 1 aromatic rings. The molecule has 4 nitrogen and oxygen atoms in total. The van der Waals surface area contributed by atoms with Crippen molar-refractivity contribution >= 4 is 17.5 Å². The molecule has 1 amide bonds. The van der Waals surface area contributed by atoms with E-state index in [1.54, 1.807) is 25.3 Å². The van der Waals surface area contributed by atoms with E-state index in [0.29, 0.717) is 28.9 Å². The van der Waals surface area contributed by atoms with Gasteiger partial charge in [0.05, 0.1) is 12.7 Å². The molecule has 0 bridgehead atoms. The summed E-state index contributed by atoms with van der Waals surface area (Å²) in [6.07, 6.45) is 3.37. The van der Waals surface area contributed by atoms with Crippen LogP contribution in [0.1, 0.15) is 29.6 Å². The third-order valence-electron chi connectivity index (χ3n) is 3.35. The van der Waals surface area contributed by atoms with Crippen LogP contribution in [0.3, 0.4) is 0 Å². The molecule has 1 fully saturated rings. The Morgan fingerprint density at radius 1 is 1.58 bits per heavy atom. The first kappa shape index (κ1) is 14.2. The normalized spacial score (nSPS) is 18.3. The van der Waals surface area contributed by atoms with Gasteiger partial charge in [0.2, 0.25) is 0 Å². The van der Waals surface area contributed by atoms with E-state index in [1.165, 1.54) is 12.8 Å². The van der Waals surface area contributed by atoms with Crippen molar-refractivity contribution in [3.05, 3.63) is 28.8 Å². The highest BCUT2D eigenvalue weighted by Crippen LogP contribution is 2.22. The van der Waals surface area contributed by atoms with Crippen LogP contribution < -0.4 is 15.4 Å². The van der Waals surface area contributed by atoms with Crippen LogP contribution in [-0.2, 0) is 0 Å². The van der Waals surface area contributed by atoms with Crippen molar-refractivity contribution in [2.24, 2.45) is 0 Å². The lowest BCUT2D eigenvalue weighted by atomic mass is 10.1. The van der Waals surface area contributed by atoms with Crippen molar-refractivity contribution in [3.63, 3.8) is 0 Å². The average Bonchev–Trinajstić information content (AvgIpc) is 2.91. The molecule has 0 aliphatic carbocycles. The SMILES string of the molecule is COc1ccc(Cl)cc1C(=O)NCC[C@H]1CCCN1. The van der Waals surface area contributed by atoms with Gasteiger partial charge in [-0.05, 0) is 44.0 Å². The van der Waals surface area contributed by atoms with E-state index < -0.39 is 0 Å². The average molecular weight is 283 g/mol. The first-order valence-electron chi connectivity index (χ1n) is 6.56. The molecule has 0 unspecified atom stereocenters. The second kappa shape index (κ2) is 6.78. The van der Waals surface area contributed by atoms with Crippen molar-refractivity contribution < 1.29 is 9.53 Å². The third kappa shape index (κ3) is 3.85. The Morgan fingerprint density at radius 3 is 3.11 bits per heavy atom. The van der Waals surface area contributed by atoms with Crippen LogP contribution in [-0.4, -0.2) is 32.1 Å². The zero-order valence-electron chi connectivity index (χ0n) is 11.0. The van der Waals surface area contributed by atoms with Gasteiger partial charge in [-0.3, -0.25) is 4.79 Å². The third-order valence-corrected chi connectivity index (χ3v) is 3.58. The summed E-state index contributed by atoms with van der Waals surface area (Å²) in [4.78, 5) is 12.1. The van der Waals surface area contributed by atoms with Gasteiger partial charge < -0.3 is 15.4 Å². The highest BCUT2D eigenvalue weighted by molar-refractivity contribution is 6.31. The first-order valence-corrected chi connectivity index (χ1v) is 6.93. The fourth-order valence-electron chi connectivity index (χ4n) is 2.32. The zero-order chi connectivity index (χ0) is 13.7. The summed E-state index contributed by atoms with van der Waals surface area (Å²) >= 11 is 5.91. The minimum absolute atomic E-state index is 0.141. The van der Waals surface area contributed by atoms with E-state index in [4.69, 9.17) is 16.3 Å². The Kier molecular flexibility index (Phi) is 5.05. The summed E-state index contributed by atoms with van der Waals surface area (Å²) in [5.41, 5.74) is 0.481. The van der Waals surface area contributed by atoms with Gasteiger partial charge in [0.25, 0.3) is 5.91 Å². The van der Waals surface area contributed by atoms with Gasteiger partial charge in [0, 0.05) is 17.6 Å². The highest BCUT2D eigenvalue weighted by Gasteiger charge is 2.15. The number of hydrogen-bond acceptors (Lipinski definition) is 3. The van der Waals surface area contributed by atoms with E-state index in [9.17, 15) is 4.79 Å². The van der Waals surface area contributed by atoms with Crippen LogP contribution in [0.2, 0.25) is 5.02 Å². The van der Waals surface area contributed by atoms with Gasteiger partial charge in [-0.2, -0.15) is 0 Å². The molecule has 1 aliphatic heterocycles. The maximum Gasteiger partial charge on any atom is 0.255 e. The second-order valence-electron chi connectivity index (χ2n) is 4.68. The molecule has 0 radical (unpaired) electrons. The van der Waals surface area contributed by atoms with Crippen LogP contribution in [0.15, 0.2) is 18.2 Å². The van der Waals surface area contributed by atoms with E-state index in [1.807, 2.05) is 0 Å². The van der Waals surface area contributed by atoms with Crippen LogP contribution in [0.5, 0.6) is 5.75 Å². The Hall–Kier alpha value is -1.26. The fourth-order valence-corrected chi connectivity index (χ4v) is 2.49. The lowest BCUT2D eigenvalue weighted by Gasteiger charge is -2.12. The summed E-state index contributed by atoms with van der Waals surface area (Å²) in [5, 5.41) is 6.85. The number of benzene rings is 1. The maximum absolute atomic E-state index is 12.1. The largest absolute Gasteiger partial charge is 0.496 e. The topological polar surface area (TPSA) is 50.4 Å². The van der Waals surface area contributed by atoms with Gasteiger partial charge in [0.15, 0.2) is 0 Å². The molecule has 1 aliphatic rings. The van der Waals surface area contributed by atoms with Gasteiger partial charge in [-0.15, -0.1) is 0 Å². The lowest BCUT2D eigenvalue weighted by Crippen LogP contribution is -2.30. The number of rotatable bonds is 5. The van der Waals surface area contributed by atoms with Crippen molar-refractivity contribution in [1.82, 2.24) is 10.6 Å². The number of carbonyl (C=O) groups is 1. The number of amides is 1. The zero-order valence-corrected chi connectivity index (χ0v) is 11.8. The van der Waals surface area contributed by atoms with Crippen LogP contribution >= 0.6 is 11.6 Å². The molecule has 1 atom stereocenters. The van der Waals surface area contributed by atoms with Gasteiger partial charge in [-0.25, -0.2) is 0 Å². The summed E-state index contributed by atoms with van der Waals surface area (Å²) in [6.45, 7) is 1.74. The smallest absolute Gasteiger partial charge is 0.255 e. The predicted molar refractivity (Wildman–Crippen MR) is 76.0 cm³/mol. The molecule has 0 aromatic heterocycles. The molecule has 1 heterocycles. The van der Waals surface area contributed by atoms with E-state index >= 15 is 0 Å². The molecule has 104 valence electrons. The van der Waals surface area contributed by atoms with E-state index in [0.717, 1.165) is 13.0 Å². The van der Waals surface area contributed by atoms with Gasteiger partial charge >= 0.3 is 0 Å². The van der Waals surface area contributed by atoms with Crippen molar-refractivity contribution in [2.45, 2.75) is 25.3 Å². The van der Waals surface area contributed by atoms with Gasteiger partial charge in [-0.1, -0.05) is 11.6 Å². The van der Waals surface area contributed by atoms with Crippen LogP contribution in [0, 0.1) is 0 Å². The highest BCUT2D eigenvalue weighted by atomic mass is 35.5. The van der Waals surface area contributed by atoms with E-state index in [-0.39, 0.29) is 5.91 Å². The quantitative estimate of drug-likeness (QED) is 0.871. The fraction of sp³-hybridized carbons (Fsp3) is 0.500. The summed E-state index contributed by atoms with van der Waals surface area (Å²) in [5.74, 6) is 0.401. The summed E-state index contributed by atoms with van der Waals surface area (Å²) < 4.78 is 5.17. The number of carbonyl (C=O) groups excluding carboxylic acids is 1. The summed E-state index contributed by atoms with van der Waals surface area (Å²) in [7, 11) is 1.54. The van der Waals surface area contributed by atoms with Crippen molar-refractivity contribution in [3.8, 4) is 5.75 Å². The molecular formula is C14H19ClN2O2. The molecule has 2 rings (SSSR count). The predicted octanol–water partition coefficient (Wildman–Crippen LogP) is 2.22.